The van der Waals surface area contributed by atoms with Gasteiger partial charge in [-0.1, -0.05) is 54.6 Å². The first kappa shape index (κ1) is 23.6. The first-order valence-corrected chi connectivity index (χ1v) is 15.8. The first-order chi connectivity index (χ1) is 11.1. The molecule has 2 aliphatic carbocycles. The molecule has 4 atom stereocenters. The number of ether oxygens (including phenoxy) is 2. The first-order valence-electron chi connectivity index (χ1n) is 8.49. The molecule has 144 valence electrons. The normalized spacial score (nSPS) is 30.2. The molecule has 1 saturated carbocycles. The van der Waals surface area contributed by atoms with Gasteiger partial charge in [0.25, 0.3) is 0 Å². The van der Waals surface area contributed by atoms with Crippen molar-refractivity contribution in [1.82, 2.24) is 0 Å². The zero-order valence-corrected chi connectivity index (χ0v) is 20.5. The summed E-state index contributed by atoms with van der Waals surface area (Å²) in [5, 5.41) is 0. The molecule has 25 heavy (non-hydrogen) atoms. The van der Waals surface area contributed by atoms with E-state index in [1.165, 1.54) is 6.42 Å². The second-order valence-corrected chi connectivity index (χ2v) is 15.2. The van der Waals surface area contributed by atoms with Crippen LogP contribution >= 0.6 is 18.6 Å². The number of hydrogen-bond acceptors (Lipinski definition) is 2. The maximum atomic E-state index is 5.62. The average molecular weight is 440 g/mol. The molecule has 3 aliphatic rings. The Kier molecular flexibility index (Phi) is 8.65. The number of nitrogens with zero attached hydrogens (tertiary/aromatic N) is 1. The number of allylic oxidation sites excluding steroid dienone is 2. The van der Waals surface area contributed by atoms with Gasteiger partial charge in [0, 0.05) is 0 Å². The van der Waals surface area contributed by atoms with Crippen molar-refractivity contribution < 1.29 is 26.5 Å². The predicted octanol–water partition coefficient (Wildman–Crippen LogP) is 6.62. The van der Waals surface area contributed by atoms with Crippen LogP contribution in [0.3, 0.4) is 0 Å². The van der Waals surface area contributed by atoms with E-state index < -0.39 is 25.3 Å². The molecule has 0 N–H and O–H groups in total. The van der Waals surface area contributed by atoms with Crippen molar-refractivity contribution in [3.8, 4) is 0 Å². The van der Waals surface area contributed by atoms with Crippen LogP contribution < -0.4 is 0 Å². The summed E-state index contributed by atoms with van der Waals surface area (Å²) in [4.78, 5) is 5.27. The van der Waals surface area contributed by atoms with Crippen LogP contribution in [-0.2, 0) is 26.5 Å². The monoisotopic (exact) mass is 439 g/mol. The zero-order chi connectivity index (χ0) is 18.1. The molecular formula is C18H31Cl2NO2SiTi-2. The van der Waals surface area contributed by atoms with Crippen LogP contribution in [-0.4, -0.2) is 20.6 Å². The van der Waals surface area contributed by atoms with E-state index in [9.17, 15) is 0 Å². The Balaban J connectivity index is 0.000000730. The Morgan fingerprint density at radius 2 is 1.68 bits per heavy atom. The summed E-state index contributed by atoms with van der Waals surface area (Å²) in [6.45, 7) is 14.3. The van der Waals surface area contributed by atoms with Crippen LogP contribution in [0, 0.1) is 25.2 Å². The number of hydrogen-bond donors (Lipinski definition) is 0. The minimum atomic E-state index is -1.67. The van der Waals surface area contributed by atoms with E-state index in [1.807, 2.05) is 0 Å². The summed E-state index contributed by atoms with van der Waals surface area (Å²) in [5.41, 5.74) is 0.750. The van der Waals surface area contributed by atoms with E-state index in [0.717, 1.165) is 17.4 Å². The molecule has 1 saturated heterocycles. The van der Waals surface area contributed by atoms with Crippen LogP contribution in [0.1, 0.15) is 34.1 Å². The summed E-state index contributed by atoms with van der Waals surface area (Å²) < 4.78 is 11.2. The molecule has 0 aromatic heterocycles. The molecule has 3 nitrogen and oxygen atoms in total. The van der Waals surface area contributed by atoms with Gasteiger partial charge in [-0.2, -0.15) is 0 Å². The topological polar surface area (TPSA) is 32.6 Å². The molecule has 1 aliphatic heterocycles. The summed E-state index contributed by atoms with van der Waals surface area (Å²) in [6, 6.07) is 0. The van der Waals surface area contributed by atoms with Crippen molar-refractivity contribution in [2.45, 2.75) is 58.3 Å². The summed E-state index contributed by atoms with van der Waals surface area (Å²) in [5.74, 6) is 3.84. The number of rotatable bonds is 2. The van der Waals surface area contributed by atoms with Gasteiger partial charge in [0.2, 0.25) is 6.79 Å². The van der Waals surface area contributed by atoms with Crippen LogP contribution in [0.2, 0.25) is 18.6 Å². The fourth-order valence-electron chi connectivity index (χ4n) is 4.82. The summed E-state index contributed by atoms with van der Waals surface area (Å²) in [7, 11) is 8.11. The van der Waals surface area contributed by atoms with Crippen molar-refractivity contribution in [3.63, 3.8) is 0 Å². The average Bonchev–Trinajstić information content (AvgIpc) is 2.95. The quantitative estimate of drug-likeness (QED) is 0.357. The van der Waals surface area contributed by atoms with E-state index in [0.29, 0.717) is 24.2 Å². The van der Waals surface area contributed by atoms with Gasteiger partial charge in [0.05, 0.1) is 0 Å². The molecule has 4 unspecified atom stereocenters. The SMILES string of the molecule is CC1CC2C=C3OCOC3=CC2C1[Si](C)(C)[N-]C(C)(C)C.[CH3-].[Cl][Ti][Cl]. The molecule has 2 fully saturated rings. The second-order valence-electron chi connectivity index (χ2n) is 8.46. The Morgan fingerprint density at radius 3 is 2.20 bits per heavy atom. The maximum absolute atomic E-state index is 5.62. The van der Waals surface area contributed by atoms with E-state index in [1.54, 1.807) is 0 Å². The summed E-state index contributed by atoms with van der Waals surface area (Å²) >= 11 is -0.556. The van der Waals surface area contributed by atoms with Crippen LogP contribution in [0.5, 0.6) is 0 Å². The molecular weight excluding hydrogens is 409 g/mol. The molecule has 0 radical (unpaired) electrons. The van der Waals surface area contributed by atoms with Crippen molar-refractivity contribution in [3.05, 3.63) is 36.1 Å². The van der Waals surface area contributed by atoms with Crippen LogP contribution in [0.25, 0.3) is 4.98 Å². The van der Waals surface area contributed by atoms with Crippen molar-refractivity contribution in [2.75, 3.05) is 6.79 Å². The third-order valence-electron chi connectivity index (χ3n) is 4.99. The molecule has 7 heteroatoms. The zero-order valence-electron chi connectivity index (χ0n) is 16.4. The van der Waals surface area contributed by atoms with Gasteiger partial charge in [0.1, 0.15) is 0 Å². The van der Waals surface area contributed by atoms with Crippen LogP contribution in [0.15, 0.2) is 23.7 Å². The fourth-order valence-corrected chi connectivity index (χ4v) is 9.51. The molecule has 0 aromatic carbocycles. The molecule has 0 aromatic rings. The predicted molar refractivity (Wildman–Crippen MR) is 106 cm³/mol. The van der Waals surface area contributed by atoms with E-state index in [-0.39, 0.29) is 13.0 Å². The molecule has 3 rings (SSSR count). The third kappa shape index (κ3) is 5.76. The van der Waals surface area contributed by atoms with Crippen molar-refractivity contribution in [2.24, 2.45) is 17.8 Å². The third-order valence-corrected chi connectivity index (χ3v) is 8.82. The van der Waals surface area contributed by atoms with Gasteiger partial charge in [-0.15, -0.1) is 5.54 Å². The Labute approximate surface area is 171 Å². The minimum absolute atomic E-state index is 0. The summed E-state index contributed by atoms with van der Waals surface area (Å²) in [6.07, 6.45) is 5.90. The number of fused-ring (bicyclic) bond motifs is 2. The standard InChI is InChI=1S/C17H28NO2Si.CH3.2ClH.Ti/c1-11-7-12-8-14-15(20-10-19-14)9-13(12)16(11)21(5,6)18-17(2,3)4;;;;/h8-9,11-13,16H,7,10H2,1-6H3;1H3;2*1H;/q2*-1;;;+2/p-2. The van der Waals surface area contributed by atoms with Gasteiger partial charge in [-0.25, -0.2) is 0 Å². The van der Waals surface area contributed by atoms with Gasteiger partial charge in [-0.05, 0) is 36.3 Å². The molecule has 0 bridgehead atoms. The van der Waals surface area contributed by atoms with Gasteiger partial charge in [0.15, 0.2) is 11.5 Å². The molecule has 1 heterocycles. The van der Waals surface area contributed by atoms with Gasteiger partial charge < -0.3 is 21.9 Å². The Morgan fingerprint density at radius 1 is 1.16 bits per heavy atom. The second kappa shape index (κ2) is 9.16. The molecule has 0 amide bonds. The van der Waals surface area contributed by atoms with Gasteiger partial charge >= 0.3 is 35.6 Å². The van der Waals surface area contributed by atoms with Crippen LogP contribution in [0.4, 0.5) is 0 Å². The molecule has 0 spiro atoms. The van der Waals surface area contributed by atoms with Crippen molar-refractivity contribution in [1.29, 1.82) is 0 Å². The van der Waals surface area contributed by atoms with E-state index in [4.69, 9.17) is 33.1 Å². The van der Waals surface area contributed by atoms with Gasteiger partial charge in [-0.3, -0.25) is 0 Å². The Hall–Kier alpha value is 0.551. The van der Waals surface area contributed by atoms with E-state index in [2.05, 4.69) is 52.9 Å². The fraction of sp³-hybridized carbons (Fsp3) is 0.722. The van der Waals surface area contributed by atoms with Crippen molar-refractivity contribution >= 4 is 26.8 Å². The Bertz CT molecular complexity index is 520. The van der Waals surface area contributed by atoms with E-state index >= 15 is 0 Å². The number of halogens is 2.